The Hall–Kier alpha value is -1.26. The van der Waals surface area contributed by atoms with Crippen LogP contribution in [0.5, 0.6) is 0 Å². The van der Waals surface area contributed by atoms with E-state index >= 15 is 0 Å². The van der Waals surface area contributed by atoms with Crippen LogP contribution in [-0.4, -0.2) is 28.3 Å². The second kappa shape index (κ2) is 5.14. The molecule has 22 heavy (non-hydrogen) atoms. The predicted octanol–water partition coefficient (Wildman–Crippen LogP) is 3.71. The molecule has 126 valence electrons. The van der Waals surface area contributed by atoms with Gasteiger partial charge in [0.15, 0.2) is 0 Å². The Morgan fingerprint density at radius 3 is 2.14 bits per heavy atom. The number of carbonyl (C=O) groups excluding carboxylic acids is 1. The van der Waals surface area contributed by atoms with Gasteiger partial charge in [-0.1, -0.05) is 20.3 Å². The molecule has 2 N–H and O–H groups in total. The number of aliphatic carboxylic acids is 1. The normalized spacial score (nSPS) is 33.9. The Labute approximate surface area is 132 Å². The first kappa shape index (κ1) is 17.1. The van der Waals surface area contributed by atoms with E-state index in [0.29, 0.717) is 12.8 Å². The van der Waals surface area contributed by atoms with Gasteiger partial charge in [-0.3, -0.25) is 0 Å². The van der Waals surface area contributed by atoms with Gasteiger partial charge in [0.05, 0.1) is 0 Å². The summed E-state index contributed by atoms with van der Waals surface area (Å²) in [4.78, 5) is 23.7. The predicted molar refractivity (Wildman–Crippen MR) is 83.7 cm³/mol. The molecule has 5 heteroatoms. The molecule has 5 nitrogen and oxygen atoms in total. The van der Waals surface area contributed by atoms with Crippen molar-refractivity contribution < 1.29 is 19.4 Å². The molecule has 2 saturated carbocycles. The fourth-order valence-electron chi connectivity index (χ4n) is 4.46. The number of rotatable bonds is 2. The van der Waals surface area contributed by atoms with Crippen molar-refractivity contribution in [2.45, 2.75) is 84.3 Å². The van der Waals surface area contributed by atoms with Crippen molar-refractivity contribution in [1.29, 1.82) is 0 Å². The first-order valence-corrected chi connectivity index (χ1v) is 8.12. The van der Waals surface area contributed by atoms with Crippen molar-refractivity contribution in [3.05, 3.63) is 0 Å². The van der Waals surface area contributed by atoms with Gasteiger partial charge in [0.25, 0.3) is 0 Å². The summed E-state index contributed by atoms with van der Waals surface area (Å²) in [5, 5.41) is 12.2. The molecule has 2 aliphatic carbocycles. The van der Waals surface area contributed by atoms with E-state index in [-0.39, 0.29) is 10.8 Å². The SMILES string of the molecule is CC1(C)CCCC2(C1)CC(NC(=O)OC(C)(C)C)(C(=O)O)C2. The van der Waals surface area contributed by atoms with Crippen molar-refractivity contribution in [1.82, 2.24) is 5.32 Å². The Morgan fingerprint density at radius 1 is 1.09 bits per heavy atom. The maximum Gasteiger partial charge on any atom is 0.408 e. The number of hydrogen-bond acceptors (Lipinski definition) is 3. The van der Waals surface area contributed by atoms with E-state index in [0.717, 1.165) is 19.3 Å². The summed E-state index contributed by atoms with van der Waals surface area (Å²) in [5.41, 5.74) is -1.46. The highest BCUT2D eigenvalue weighted by Crippen LogP contribution is 2.60. The molecular formula is C17H29NO4. The number of carboxylic acids is 1. The summed E-state index contributed by atoms with van der Waals surface area (Å²) in [7, 11) is 0. The highest BCUT2D eigenvalue weighted by atomic mass is 16.6. The molecule has 0 aliphatic heterocycles. The average molecular weight is 311 g/mol. The standard InChI is InChI=1S/C17H29NO4/c1-14(2,3)22-13(21)18-17(12(19)20)10-16(11-17)8-6-7-15(4,5)9-16/h6-11H2,1-5H3,(H,18,21)(H,19,20). The molecule has 2 aliphatic rings. The molecule has 1 spiro atoms. The average Bonchev–Trinajstić information content (AvgIpc) is 2.21. The second-order valence-corrected chi connectivity index (χ2v) is 9.06. The third-order valence-corrected chi connectivity index (χ3v) is 4.92. The van der Waals surface area contributed by atoms with Crippen LogP contribution in [0.2, 0.25) is 0 Å². The summed E-state index contributed by atoms with van der Waals surface area (Å²) in [6.07, 6.45) is 4.80. The van der Waals surface area contributed by atoms with Crippen LogP contribution in [0.3, 0.4) is 0 Å². The Balaban J connectivity index is 2.05. The molecule has 2 fully saturated rings. The fraction of sp³-hybridized carbons (Fsp3) is 0.882. The number of nitrogens with one attached hydrogen (secondary N) is 1. The van der Waals surface area contributed by atoms with Gasteiger partial charge >= 0.3 is 12.1 Å². The third kappa shape index (κ3) is 3.55. The minimum absolute atomic E-state index is 0.0646. The molecule has 0 bridgehead atoms. The van der Waals surface area contributed by atoms with E-state index in [4.69, 9.17) is 4.74 Å². The number of hydrogen-bond donors (Lipinski definition) is 2. The molecule has 0 aromatic rings. The van der Waals surface area contributed by atoms with E-state index in [1.165, 1.54) is 6.42 Å². The lowest BCUT2D eigenvalue weighted by Crippen LogP contribution is -2.67. The zero-order valence-corrected chi connectivity index (χ0v) is 14.4. The largest absolute Gasteiger partial charge is 0.480 e. The van der Waals surface area contributed by atoms with Crippen LogP contribution >= 0.6 is 0 Å². The quantitative estimate of drug-likeness (QED) is 0.815. The zero-order valence-electron chi connectivity index (χ0n) is 14.4. The molecule has 0 atom stereocenters. The number of alkyl carbamates (subject to hydrolysis) is 1. The highest BCUT2D eigenvalue weighted by molar-refractivity contribution is 5.86. The first-order valence-electron chi connectivity index (χ1n) is 8.12. The van der Waals surface area contributed by atoms with Gasteiger partial charge in [0, 0.05) is 0 Å². The second-order valence-electron chi connectivity index (χ2n) is 9.06. The van der Waals surface area contributed by atoms with Crippen LogP contribution in [0.4, 0.5) is 4.79 Å². The van der Waals surface area contributed by atoms with Crippen molar-refractivity contribution in [2.24, 2.45) is 10.8 Å². The van der Waals surface area contributed by atoms with Crippen LogP contribution in [0.15, 0.2) is 0 Å². The fourth-order valence-corrected chi connectivity index (χ4v) is 4.46. The lowest BCUT2D eigenvalue weighted by atomic mass is 9.48. The van der Waals surface area contributed by atoms with E-state index in [9.17, 15) is 14.7 Å². The molecule has 0 aromatic carbocycles. The van der Waals surface area contributed by atoms with Crippen LogP contribution in [-0.2, 0) is 9.53 Å². The topological polar surface area (TPSA) is 75.6 Å². The molecule has 0 saturated heterocycles. The smallest absolute Gasteiger partial charge is 0.408 e. The Kier molecular flexibility index (Phi) is 3.99. The van der Waals surface area contributed by atoms with Gasteiger partial charge < -0.3 is 15.2 Å². The summed E-state index contributed by atoms with van der Waals surface area (Å²) in [5.74, 6) is -0.952. The van der Waals surface area contributed by atoms with Gasteiger partial charge in [-0.15, -0.1) is 0 Å². The molecule has 2 rings (SSSR count). The molecule has 0 aromatic heterocycles. The molecule has 1 amide bonds. The van der Waals surface area contributed by atoms with Crippen LogP contribution in [0.25, 0.3) is 0 Å². The van der Waals surface area contributed by atoms with Gasteiger partial charge in [0.1, 0.15) is 11.1 Å². The first-order chi connectivity index (χ1) is 9.87. The van der Waals surface area contributed by atoms with Crippen molar-refractivity contribution in [2.75, 3.05) is 0 Å². The zero-order chi connectivity index (χ0) is 16.8. The monoisotopic (exact) mass is 311 g/mol. The number of amides is 1. The lowest BCUT2D eigenvalue weighted by molar-refractivity contribution is -0.161. The Morgan fingerprint density at radius 2 is 1.68 bits per heavy atom. The van der Waals surface area contributed by atoms with Crippen molar-refractivity contribution in [3.63, 3.8) is 0 Å². The van der Waals surface area contributed by atoms with Crippen LogP contribution < -0.4 is 5.32 Å². The third-order valence-electron chi connectivity index (χ3n) is 4.92. The minimum Gasteiger partial charge on any atom is -0.480 e. The van der Waals surface area contributed by atoms with E-state index < -0.39 is 23.2 Å². The van der Waals surface area contributed by atoms with Crippen molar-refractivity contribution >= 4 is 12.1 Å². The van der Waals surface area contributed by atoms with Gasteiger partial charge in [-0.25, -0.2) is 9.59 Å². The van der Waals surface area contributed by atoms with Crippen molar-refractivity contribution in [3.8, 4) is 0 Å². The molecule has 0 radical (unpaired) electrons. The number of carbonyl (C=O) groups is 2. The number of ether oxygens (including phenoxy) is 1. The summed E-state index contributed by atoms with van der Waals surface area (Å²) >= 11 is 0. The van der Waals surface area contributed by atoms with E-state index in [1.54, 1.807) is 20.8 Å². The minimum atomic E-state index is -1.16. The summed E-state index contributed by atoms with van der Waals surface area (Å²) < 4.78 is 5.22. The van der Waals surface area contributed by atoms with Gasteiger partial charge in [-0.2, -0.15) is 0 Å². The maximum atomic E-state index is 12.0. The van der Waals surface area contributed by atoms with Gasteiger partial charge in [-0.05, 0) is 63.7 Å². The maximum absolute atomic E-state index is 12.0. The van der Waals surface area contributed by atoms with Crippen LogP contribution in [0, 0.1) is 10.8 Å². The summed E-state index contributed by atoms with van der Waals surface area (Å²) in [6, 6.07) is 0. The summed E-state index contributed by atoms with van der Waals surface area (Å²) in [6.45, 7) is 9.80. The molecule has 0 heterocycles. The van der Waals surface area contributed by atoms with Gasteiger partial charge in [0.2, 0.25) is 0 Å². The molecular weight excluding hydrogens is 282 g/mol. The molecule has 0 unspecified atom stereocenters. The number of carboxylic acid groups (broad SMARTS) is 1. The van der Waals surface area contributed by atoms with E-state index in [2.05, 4.69) is 19.2 Å². The van der Waals surface area contributed by atoms with E-state index in [1.807, 2.05) is 0 Å². The lowest BCUT2D eigenvalue weighted by Gasteiger charge is -2.58. The Bertz CT molecular complexity index is 470. The highest BCUT2D eigenvalue weighted by Gasteiger charge is 2.61. The van der Waals surface area contributed by atoms with Crippen LogP contribution in [0.1, 0.15) is 73.1 Å².